The van der Waals surface area contributed by atoms with Gasteiger partial charge in [0.1, 0.15) is 0 Å². The lowest BCUT2D eigenvalue weighted by atomic mass is 10.0. The largest absolute Gasteiger partial charge is 0.372 e. The van der Waals surface area contributed by atoms with Crippen molar-refractivity contribution in [2.45, 2.75) is 58.2 Å². The van der Waals surface area contributed by atoms with Crippen LogP contribution in [0, 0.1) is 0 Å². The maximum absolute atomic E-state index is 12.4. The average Bonchev–Trinajstić information content (AvgIpc) is 2.98. The average molecular weight is 315 g/mol. The van der Waals surface area contributed by atoms with Crippen LogP contribution in [0.3, 0.4) is 0 Å². The summed E-state index contributed by atoms with van der Waals surface area (Å²) in [6, 6.07) is 6.01. The summed E-state index contributed by atoms with van der Waals surface area (Å²) >= 11 is 0. The first-order valence-electron chi connectivity index (χ1n) is 8.61. The minimum absolute atomic E-state index is 0.0570. The van der Waals surface area contributed by atoms with E-state index in [-0.39, 0.29) is 36.7 Å². The molecule has 1 amide bonds. The number of amides is 1. The van der Waals surface area contributed by atoms with Crippen molar-refractivity contribution in [2.75, 3.05) is 13.1 Å². The van der Waals surface area contributed by atoms with Gasteiger partial charge in [0.25, 0.3) is 0 Å². The number of ether oxygens (including phenoxy) is 1. The van der Waals surface area contributed by atoms with Gasteiger partial charge in [-0.25, -0.2) is 0 Å². The van der Waals surface area contributed by atoms with E-state index in [1.54, 1.807) is 0 Å². The van der Waals surface area contributed by atoms with Crippen molar-refractivity contribution in [3.63, 3.8) is 0 Å². The number of carbonyl (C=O) groups excluding carboxylic acids is 2. The van der Waals surface area contributed by atoms with Crippen molar-refractivity contribution in [2.24, 2.45) is 0 Å². The molecular weight excluding hydrogens is 290 g/mol. The molecule has 1 fully saturated rings. The predicted octanol–water partition coefficient (Wildman–Crippen LogP) is 2.77. The summed E-state index contributed by atoms with van der Waals surface area (Å²) in [4.78, 5) is 26.5. The number of aryl methyl sites for hydroxylation is 2. The summed E-state index contributed by atoms with van der Waals surface area (Å²) in [5, 5.41) is 0. The van der Waals surface area contributed by atoms with Gasteiger partial charge in [0.05, 0.1) is 12.2 Å². The Morgan fingerprint density at radius 3 is 2.52 bits per heavy atom. The molecule has 1 saturated heterocycles. The normalized spacial score (nSPS) is 23.7. The van der Waals surface area contributed by atoms with Crippen LogP contribution in [-0.2, 0) is 22.4 Å². The molecule has 124 valence electrons. The monoisotopic (exact) mass is 315 g/mol. The summed E-state index contributed by atoms with van der Waals surface area (Å²) in [5.41, 5.74) is 3.43. The van der Waals surface area contributed by atoms with Crippen molar-refractivity contribution < 1.29 is 14.3 Å². The summed E-state index contributed by atoms with van der Waals surface area (Å²) in [6.07, 6.45) is 4.07. The Morgan fingerprint density at radius 1 is 1.09 bits per heavy atom. The molecule has 1 aliphatic heterocycles. The molecule has 1 heterocycles. The molecule has 0 spiro atoms. The Hall–Kier alpha value is -1.68. The van der Waals surface area contributed by atoms with Crippen LogP contribution in [0.5, 0.6) is 0 Å². The van der Waals surface area contributed by atoms with Crippen molar-refractivity contribution in [3.05, 3.63) is 34.9 Å². The second kappa shape index (κ2) is 6.83. The molecule has 1 aliphatic carbocycles. The van der Waals surface area contributed by atoms with Gasteiger partial charge in [-0.15, -0.1) is 0 Å². The van der Waals surface area contributed by atoms with Crippen LogP contribution in [0.25, 0.3) is 0 Å². The number of nitrogens with zero attached hydrogens (tertiary/aromatic N) is 1. The van der Waals surface area contributed by atoms with Crippen molar-refractivity contribution in [3.8, 4) is 0 Å². The fraction of sp³-hybridized carbons (Fsp3) is 0.579. The molecule has 0 saturated carbocycles. The summed E-state index contributed by atoms with van der Waals surface area (Å²) < 4.78 is 5.64. The number of fused-ring (bicyclic) bond motifs is 1. The van der Waals surface area contributed by atoms with E-state index in [1.807, 2.05) is 30.9 Å². The molecule has 2 atom stereocenters. The molecule has 0 bridgehead atoms. The molecular formula is C19H25NO3. The van der Waals surface area contributed by atoms with E-state index in [2.05, 4.69) is 6.07 Å². The number of benzene rings is 1. The van der Waals surface area contributed by atoms with Crippen molar-refractivity contribution >= 4 is 11.7 Å². The molecule has 4 nitrogen and oxygen atoms in total. The molecule has 2 aliphatic rings. The first kappa shape index (κ1) is 16.2. The Kier molecular flexibility index (Phi) is 4.81. The SMILES string of the molecule is CC1CN(C(=O)CCC(=O)c2ccc3c(c2)CCC3)CC(C)O1. The van der Waals surface area contributed by atoms with E-state index >= 15 is 0 Å². The Morgan fingerprint density at radius 2 is 1.78 bits per heavy atom. The number of ketones is 1. The van der Waals surface area contributed by atoms with Crippen molar-refractivity contribution in [1.82, 2.24) is 4.90 Å². The number of morpholine rings is 1. The van der Waals surface area contributed by atoms with Crippen LogP contribution in [0.4, 0.5) is 0 Å². The molecule has 0 aromatic heterocycles. The van der Waals surface area contributed by atoms with Crippen molar-refractivity contribution in [1.29, 1.82) is 0 Å². The maximum atomic E-state index is 12.4. The van der Waals surface area contributed by atoms with Gasteiger partial charge in [-0.1, -0.05) is 12.1 Å². The van der Waals surface area contributed by atoms with Crippen LogP contribution in [0.1, 0.15) is 54.6 Å². The molecule has 2 unspecified atom stereocenters. The molecule has 4 heteroatoms. The lowest BCUT2D eigenvalue weighted by Gasteiger charge is -2.35. The van der Waals surface area contributed by atoms with Gasteiger partial charge in [0.15, 0.2) is 5.78 Å². The number of Topliss-reactive ketones (excluding diaryl/α,β-unsaturated/α-hetero) is 1. The summed E-state index contributed by atoms with van der Waals surface area (Å²) in [7, 11) is 0. The second-order valence-electron chi connectivity index (χ2n) is 6.82. The minimum Gasteiger partial charge on any atom is -0.372 e. The molecule has 0 N–H and O–H groups in total. The highest BCUT2D eigenvalue weighted by atomic mass is 16.5. The number of rotatable bonds is 4. The van der Waals surface area contributed by atoms with Crippen LogP contribution in [0.2, 0.25) is 0 Å². The molecule has 1 aromatic carbocycles. The molecule has 1 aromatic rings. The topological polar surface area (TPSA) is 46.6 Å². The zero-order valence-electron chi connectivity index (χ0n) is 14.0. The molecule has 3 rings (SSSR count). The molecule has 23 heavy (non-hydrogen) atoms. The standard InChI is InChI=1S/C19H25NO3/c1-13-11-20(12-14(2)23-13)19(22)9-8-18(21)17-7-6-15-4-3-5-16(15)10-17/h6-7,10,13-14H,3-5,8-9,11-12H2,1-2H3. The van der Waals surface area contributed by atoms with Gasteiger partial charge in [-0.2, -0.15) is 0 Å². The highest BCUT2D eigenvalue weighted by molar-refractivity contribution is 5.98. The van der Waals surface area contributed by atoms with Gasteiger partial charge in [-0.3, -0.25) is 9.59 Å². The van der Waals surface area contributed by atoms with Crippen LogP contribution in [0.15, 0.2) is 18.2 Å². The van der Waals surface area contributed by atoms with Gasteiger partial charge in [0.2, 0.25) is 5.91 Å². The first-order valence-corrected chi connectivity index (χ1v) is 8.61. The first-order chi connectivity index (χ1) is 11.0. The van der Waals surface area contributed by atoms with Crippen LogP contribution in [-0.4, -0.2) is 41.9 Å². The maximum Gasteiger partial charge on any atom is 0.223 e. The Bertz CT molecular complexity index is 601. The lowest BCUT2D eigenvalue weighted by molar-refractivity contribution is -0.143. The van der Waals surface area contributed by atoms with Gasteiger partial charge in [0, 0.05) is 31.5 Å². The van der Waals surface area contributed by atoms with E-state index in [9.17, 15) is 9.59 Å². The van der Waals surface area contributed by atoms with Gasteiger partial charge >= 0.3 is 0 Å². The van der Waals surface area contributed by atoms with E-state index in [0.717, 1.165) is 18.4 Å². The van der Waals surface area contributed by atoms with Gasteiger partial charge < -0.3 is 9.64 Å². The third-order valence-electron chi connectivity index (χ3n) is 4.76. The third kappa shape index (κ3) is 3.81. The fourth-order valence-electron chi connectivity index (χ4n) is 3.65. The highest BCUT2D eigenvalue weighted by Gasteiger charge is 2.26. The summed E-state index contributed by atoms with van der Waals surface area (Å²) in [5.74, 6) is 0.129. The van der Waals surface area contributed by atoms with E-state index in [0.29, 0.717) is 13.1 Å². The number of hydrogen-bond acceptors (Lipinski definition) is 3. The predicted molar refractivity (Wildman–Crippen MR) is 88.6 cm³/mol. The third-order valence-corrected chi connectivity index (χ3v) is 4.76. The Labute approximate surface area is 137 Å². The smallest absolute Gasteiger partial charge is 0.223 e. The summed E-state index contributed by atoms with van der Waals surface area (Å²) in [6.45, 7) is 5.20. The van der Waals surface area contributed by atoms with E-state index in [4.69, 9.17) is 4.74 Å². The minimum atomic E-state index is 0.0570. The fourth-order valence-corrected chi connectivity index (χ4v) is 3.65. The van der Waals surface area contributed by atoms with E-state index < -0.39 is 0 Å². The van der Waals surface area contributed by atoms with Crippen LogP contribution < -0.4 is 0 Å². The highest BCUT2D eigenvalue weighted by Crippen LogP contribution is 2.23. The van der Waals surface area contributed by atoms with Crippen LogP contribution >= 0.6 is 0 Å². The zero-order valence-corrected chi connectivity index (χ0v) is 14.0. The zero-order chi connectivity index (χ0) is 16.4. The quantitative estimate of drug-likeness (QED) is 0.803. The number of carbonyl (C=O) groups is 2. The lowest BCUT2D eigenvalue weighted by Crippen LogP contribution is -2.48. The molecule has 0 radical (unpaired) electrons. The Balaban J connectivity index is 1.55. The number of hydrogen-bond donors (Lipinski definition) is 0. The van der Waals surface area contributed by atoms with E-state index in [1.165, 1.54) is 17.5 Å². The second-order valence-corrected chi connectivity index (χ2v) is 6.82. The van der Waals surface area contributed by atoms with Gasteiger partial charge in [-0.05, 0) is 50.3 Å².